The molecule has 0 N–H and O–H groups in total. The maximum atomic E-state index is 5.74. The molecule has 0 aliphatic heterocycles. The van der Waals surface area contributed by atoms with Gasteiger partial charge in [0.25, 0.3) is 5.90 Å². The van der Waals surface area contributed by atoms with E-state index in [1.54, 1.807) is 25.2 Å². The predicted molar refractivity (Wildman–Crippen MR) is 110 cm³/mol. The fourth-order valence-corrected chi connectivity index (χ4v) is 18.5. The van der Waals surface area contributed by atoms with E-state index in [4.69, 9.17) is 45.3 Å². The minimum Gasteiger partial charge on any atom is -0.497 e. The highest BCUT2D eigenvalue weighted by Crippen LogP contribution is 2.71. The van der Waals surface area contributed by atoms with Crippen molar-refractivity contribution in [2.24, 2.45) is 0 Å². The summed E-state index contributed by atoms with van der Waals surface area (Å²) in [6, 6.07) is 15.6. The summed E-state index contributed by atoms with van der Waals surface area (Å²) in [5.74, 6) is 0.805. The average Bonchev–Trinajstić information content (AvgIpc) is 2.54. The normalized spacial score (nSPS) is 14.0. The van der Waals surface area contributed by atoms with Gasteiger partial charge in [0, 0.05) is 5.30 Å². The van der Waals surface area contributed by atoms with Gasteiger partial charge in [-0.25, -0.2) is 0 Å². The van der Waals surface area contributed by atoms with Gasteiger partial charge in [-0.2, -0.15) is 0 Å². The van der Waals surface area contributed by atoms with Crippen molar-refractivity contribution in [1.82, 2.24) is 0 Å². The Labute approximate surface area is 151 Å². The second kappa shape index (κ2) is 8.14. The summed E-state index contributed by atoms with van der Waals surface area (Å²) in [5.41, 5.74) is 0. The minimum absolute atomic E-state index is 0.813. The van der Waals surface area contributed by atoms with Crippen molar-refractivity contribution in [3.05, 3.63) is 48.5 Å². The van der Waals surface area contributed by atoms with Crippen LogP contribution < -0.4 is 20.1 Å². The summed E-state index contributed by atoms with van der Waals surface area (Å²) >= 11 is 17.8. The predicted octanol–water partition coefficient (Wildman–Crippen LogP) is 4.49. The molecule has 0 bridgehead atoms. The van der Waals surface area contributed by atoms with E-state index < -0.39 is 10.3 Å². The Balaban J connectivity index is 2.15. The van der Waals surface area contributed by atoms with E-state index in [1.807, 2.05) is 48.5 Å². The molecule has 0 aromatic heterocycles. The largest absolute Gasteiger partial charge is 0.497 e. The number of hydrogen-bond acceptors (Lipinski definition) is 5. The number of hydrogen-bond donors (Lipinski definition) is 1. The lowest BCUT2D eigenvalue weighted by atomic mass is 10.3. The third-order valence-corrected chi connectivity index (χ3v) is 18.1. The van der Waals surface area contributed by atoms with Crippen LogP contribution in [0.25, 0.3) is 0 Å². The van der Waals surface area contributed by atoms with Gasteiger partial charge in [0.2, 0.25) is 0 Å². The van der Waals surface area contributed by atoms with Crippen molar-refractivity contribution < 1.29 is 9.47 Å². The topological polar surface area (TPSA) is 18.5 Å². The van der Waals surface area contributed by atoms with Crippen LogP contribution in [0, 0.1) is 0 Å². The molecule has 0 aliphatic rings. The van der Waals surface area contributed by atoms with E-state index in [9.17, 15) is 0 Å². The van der Waals surface area contributed by atoms with Crippen LogP contribution in [0.15, 0.2) is 48.5 Å². The maximum Gasteiger partial charge on any atom is 0.289 e. The molecule has 0 spiro atoms. The molecular weight excluding hydrogens is 390 g/mol. The fraction of sp³-hybridized carbons (Fsp3) is 0.143. The van der Waals surface area contributed by atoms with Crippen LogP contribution in [-0.4, -0.2) is 14.2 Å². The second-order valence-electron chi connectivity index (χ2n) is 4.26. The van der Waals surface area contributed by atoms with E-state index in [2.05, 4.69) is 0 Å². The zero-order valence-corrected chi connectivity index (χ0v) is 17.1. The number of thiol groups is 1. The first-order chi connectivity index (χ1) is 10.5. The van der Waals surface area contributed by atoms with Crippen molar-refractivity contribution in [3.8, 4) is 11.5 Å². The van der Waals surface area contributed by atoms with Crippen LogP contribution in [0.4, 0.5) is 0 Å². The van der Waals surface area contributed by atoms with Crippen molar-refractivity contribution in [1.29, 1.82) is 0 Å². The third-order valence-electron chi connectivity index (χ3n) is 2.87. The summed E-state index contributed by atoms with van der Waals surface area (Å²) in [5, 5.41) is 2.15. The summed E-state index contributed by atoms with van der Waals surface area (Å²) < 4.78 is 8.31. The Morgan fingerprint density at radius 1 is 0.955 bits per heavy atom. The Bertz CT molecular complexity index is 702. The number of benzene rings is 2. The highest BCUT2D eigenvalue weighted by molar-refractivity contribution is 9.12. The van der Waals surface area contributed by atoms with Crippen LogP contribution in [0.3, 0.4) is 0 Å². The van der Waals surface area contributed by atoms with Gasteiger partial charge >= 0.3 is 0 Å². The lowest BCUT2D eigenvalue weighted by Gasteiger charge is -2.10. The van der Waals surface area contributed by atoms with Gasteiger partial charge < -0.3 is 9.47 Å². The van der Waals surface area contributed by atoms with Gasteiger partial charge in [-0.15, -0.1) is 12.2 Å². The van der Waals surface area contributed by atoms with Crippen LogP contribution in [-0.2, 0) is 23.6 Å². The molecule has 0 fully saturated rings. The molecule has 8 heteroatoms. The molecule has 2 unspecified atom stereocenters. The summed E-state index contributed by atoms with van der Waals surface area (Å²) in [7, 11) is 3.30. The van der Waals surface area contributed by atoms with E-state index in [0.29, 0.717) is 0 Å². The van der Waals surface area contributed by atoms with Gasteiger partial charge in [0.15, 0.2) is 17.1 Å². The zero-order chi connectivity index (χ0) is 16.2. The molecule has 0 saturated carbocycles. The molecule has 0 heterocycles. The highest BCUT2D eigenvalue weighted by atomic mass is 33.4. The molecule has 2 rings (SSSR count). The van der Waals surface area contributed by atoms with Crippen molar-refractivity contribution in [3.63, 3.8) is 0 Å². The molecule has 0 saturated heterocycles. The molecule has 2 atom stereocenters. The molecule has 0 aliphatic carbocycles. The van der Waals surface area contributed by atoms with Crippen molar-refractivity contribution >= 4 is 67.8 Å². The molecule has 2 aromatic rings. The lowest BCUT2D eigenvalue weighted by molar-refractivity contribution is 0.415. The highest BCUT2D eigenvalue weighted by Gasteiger charge is 2.28. The second-order valence-corrected chi connectivity index (χ2v) is 19.3. The maximum absolute atomic E-state index is 5.74. The first-order valence-electron chi connectivity index (χ1n) is 6.24. The first kappa shape index (κ1) is 18.3. The van der Waals surface area contributed by atoms with E-state index in [1.165, 1.54) is 0 Å². The smallest absolute Gasteiger partial charge is 0.289 e. The molecule has 0 radical (unpaired) electrons. The number of rotatable bonds is 6. The quantitative estimate of drug-likeness (QED) is 0.562. The summed E-state index contributed by atoms with van der Waals surface area (Å²) in [6.07, 6.45) is 0. The fourth-order valence-electron chi connectivity index (χ4n) is 1.67. The van der Waals surface area contributed by atoms with Crippen molar-refractivity contribution in [2.45, 2.75) is 0 Å². The van der Waals surface area contributed by atoms with Gasteiger partial charge in [0.1, 0.15) is 26.9 Å². The zero-order valence-electron chi connectivity index (χ0n) is 12.0. The Morgan fingerprint density at radius 2 is 1.41 bits per heavy atom. The average molecular weight is 405 g/mol. The Morgan fingerprint density at radius 3 is 1.86 bits per heavy atom. The molecule has 22 heavy (non-hydrogen) atoms. The Kier molecular flexibility index (Phi) is 6.75. The van der Waals surface area contributed by atoms with E-state index in [0.717, 1.165) is 22.1 Å². The molecule has 2 aromatic carbocycles. The molecular formula is C14H15O2P2S4+. The van der Waals surface area contributed by atoms with Gasteiger partial charge in [0.05, 0.1) is 14.2 Å². The van der Waals surface area contributed by atoms with Crippen LogP contribution in [0.1, 0.15) is 0 Å². The third kappa shape index (κ3) is 4.70. The van der Waals surface area contributed by atoms with E-state index in [-0.39, 0.29) is 0 Å². The van der Waals surface area contributed by atoms with Crippen LogP contribution >= 0.6 is 33.6 Å². The van der Waals surface area contributed by atoms with Crippen LogP contribution in [0.2, 0.25) is 0 Å². The molecule has 0 amide bonds. The lowest BCUT2D eigenvalue weighted by Crippen LogP contribution is -1.99. The van der Waals surface area contributed by atoms with Crippen molar-refractivity contribution in [2.75, 3.05) is 14.2 Å². The number of methoxy groups -OCH3 is 2. The SMILES string of the molecule is COc1ccc([P+](=S)SP(=S)(S)c2ccc(OC)cc2)cc1. The van der Waals surface area contributed by atoms with Gasteiger partial charge in [-0.3, -0.25) is 0 Å². The Hall–Kier alpha value is -0.0900. The minimum atomic E-state index is -2.03. The summed E-state index contributed by atoms with van der Waals surface area (Å²) in [4.78, 5) is 0. The van der Waals surface area contributed by atoms with Gasteiger partial charge in [-0.05, 0) is 48.5 Å². The standard InChI is InChI=1S/C14H14O2P2S4/c1-15-11-3-7-13(8-4-11)17(19)22-18(20,21)14-9-5-12(16-2)6-10-14/h3-10H,1-2H3/p+1. The first-order valence-corrected chi connectivity index (χ1v) is 14.6. The van der Waals surface area contributed by atoms with E-state index >= 15 is 0 Å². The van der Waals surface area contributed by atoms with Gasteiger partial charge in [-0.1, -0.05) is 11.8 Å². The molecule has 116 valence electrons. The number of ether oxygens (including phenoxy) is 2. The summed E-state index contributed by atoms with van der Waals surface area (Å²) in [6.45, 7) is 0. The van der Waals surface area contributed by atoms with Crippen LogP contribution in [0.5, 0.6) is 11.5 Å². The molecule has 2 nitrogen and oxygen atoms in total. The monoisotopic (exact) mass is 405 g/mol.